The Morgan fingerprint density at radius 1 is 1.30 bits per heavy atom. The Balaban J connectivity index is 1.48. The van der Waals surface area contributed by atoms with E-state index in [9.17, 15) is 4.79 Å². The molecule has 3 aromatic heterocycles. The third-order valence-corrected chi connectivity index (χ3v) is 4.67. The fourth-order valence-corrected chi connectivity index (χ4v) is 3.08. The number of anilines is 1. The lowest BCUT2D eigenvalue weighted by Gasteiger charge is -2.11. The molecule has 0 aliphatic rings. The number of carbonyl (C=O) groups excluding carboxylic acids is 1. The Bertz CT molecular complexity index is 1300. The van der Waals surface area contributed by atoms with Crippen molar-refractivity contribution in [3.63, 3.8) is 0 Å². The normalized spacial score (nSPS) is 11.4. The highest BCUT2D eigenvalue weighted by Crippen LogP contribution is 2.26. The molecule has 0 radical (unpaired) electrons. The number of fused-ring (bicyclic) bond motifs is 1. The number of carbonyl (C=O) groups is 1. The van der Waals surface area contributed by atoms with Crippen LogP contribution in [0.5, 0.6) is 11.6 Å². The molecule has 0 fully saturated rings. The molecule has 0 saturated carbocycles. The van der Waals surface area contributed by atoms with Crippen molar-refractivity contribution < 1.29 is 14.1 Å². The van der Waals surface area contributed by atoms with E-state index in [-0.39, 0.29) is 18.5 Å². The molecule has 0 spiro atoms. The maximum absolute atomic E-state index is 12.7. The molecule has 170 valence electrons. The van der Waals surface area contributed by atoms with Crippen LogP contribution < -0.4 is 21.6 Å². The van der Waals surface area contributed by atoms with Gasteiger partial charge in [-0.2, -0.15) is 5.10 Å². The van der Waals surface area contributed by atoms with Crippen molar-refractivity contribution in [1.29, 1.82) is 0 Å². The van der Waals surface area contributed by atoms with Crippen molar-refractivity contribution >= 4 is 29.1 Å². The van der Waals surface area contributed by atoms with E-state index in [1.807, 2.05) is 26.0 Å². The van der Waals surface area contributed by atoms with E-state index in [2.05, 4.69) is 25.5 Å². The summed E-state index contributed by atoms with van der Waals surface area (Å²) in [7, 11) is 0. The predicted molar refractivity (Wildman–Crippen MR) is 121 cm³/mol. The maximum Gasteiger partial charge on any atom is 0.331 e. The van der Waals surface area contributed by atoms with E-state index in [1.54, 1.807) is 30.5 Å². The number of amides is 1. The van der Waals surface area contributed by atoms with Crippen LogP contribution in [-0.4, -0.2) is 37.2 Å². The van der Waals surface area contributed by atoms with Gasteiger partial charge in [0.2, 0.25) is 5.88 Å². The van der Waals surface area contributed by atoms with Gasteiger partial charge >= 0.3 is 6.03 Å². The molecule has 4 rings (SSSR count). The van der Waals surface area contributed by atoms with E-state index in [1.165, 1.54) is 10.9 Å². The molecule has 0 aliphatic carbocycles. The number of nitrogens with one attached hydrogen (secondary N) is 1. The van der Waals surface area contributed by atoms with Crippen LogP contribution in [0, 0.1) is 0 Å². The third-order valence-electron chi connectivity index (χ3n) is 4.67. The largest absolute Gasteiger partial charge is 0.439 e. The molecule has 3 heterocycles. The Hall–Kier alpha value is -4.45. The minimum absolute atomic E-state index is 0.175. The van der Waals surface area contributed by atoms with Crippen molar-refractivity contribution in [2.45, 2.75) is 26.3 Å². The zero-order valence-corrected chi connectivity index (χ0v) is 18.0. The first-order valence-corrected chi connectivity index (χ1v) is 10.1. The highest BCUT2D eigenvalue weighted by molar-refractivity contribution is 5.98. The summed E-state index contributed by atoms with van der Waals surface area (Å²) in [4.78, 5) is 21.0. The zero-order chi connectivity index (χ0) is 23.4. The third kappa shape index (κ3) is 5.07. The van der Waals surface area contributed by atoms with Gasteiger partial charge < -0.3 is 15.0 Å². The first-order valence-electron chi connectivity index (χ1n) is 10.1. The van der Waals surface area contributed by atoms with Gasteiger partial charge in [0.1, 0.15) is 24.2 Å². The molecule has 0 saturated heterocycles. The average molecular weight is 449 g/mol. The molecule has 4 aromatic rings. The van der Waals surface area contributed by atoms with E-state index in [0.717, 1.165) is 16.8 Å². The molecule has 1 aromatic carbocycles. The minimum atomic E-state index is -0.353. The lowest BCUT2D eigenvalue weighted by molar-refractivity contribution is 0.254. The first-order chi connectivity index (χ1) is 15.9. The SMILES string of the molecule is CC(C)c1cc(NC(=O)n2ccc3cc(Oc4cc(CN(N)/N=C\N)ncn4)ccc32)no1. The van der Waals surface area contributed by atoms with Crippen LogP contribution in [0.4, 0.5) is 10.6 Å². The zero-order valence-electron chi connectivity index (χ0n) is 18.0. The Labute approximate surface area is 188 Å². The van der Waals surface area contributed by atoms with Gasteiger partial charge in [-0.05, 0) is 24.3 Å². The maximum atomic E-state index is 12.7. The van der Waals surface area contributed by atoms with Gasteiger partial charge in [-0.3, -0.25) is 9.88 Å². The molecule has 12 heteroatoms. The van der Waals surface area contributed by atoms with Crippen LogP contribution in [0.2, 0.25) is 0 Å². The van der Waals surface area contributed by atoms with E-state index >= 15 is 0 Å². The molecule has 0 atom stereocenters. The highest BCUT2D eigenvalue weighted by atomic mass is 16.5. The molecule has 0 bridgehead atoms. The summed E-state index contributed by atoms with van der Waals surface area (Å²) in [5.41, 5.74) is 6.53. The first kappa shape index (κ1) is 21.8. The number of aromatic nitrogens is 4. The monoisotopic (exact) mass is 449 g/mol. The van der Waals surface area contributed by atoms with E-state index in [0.29, 0.717) is 34.4 Å². The highest BCUT2D eigenvalue weighted by Gasteiger charge is 2.14. The summed E-state index contributed by atoms with van der Waals surface area (Å²) in [6.07, 6.45) is 4.14. The second kappa shape index (κ2) is 9.36. The molecule has 33 heavy (non-hydrogen) atoms. The quantitative estimate of drug-likeness (QED) is 0.166. The number of ether oxygens (including phenoxy) is 1. The van der Waals surface area contributed by atoms with Crippen molar-refractivity contribution in [2.75, 3.05) is 5.32 Å². The Morgan fingerprint density at radius 2 is 2.15 bits per heavy atom. The van der Waals surface area contributed by atoms with Gasteiger partial charge in [0.25, 0.3) is 0 Å². The standard InChI is InChI=1S/C21H23N9O3/c1-13(2)18-9-19(28-33-18)27-21(31)29-6-5-14-7-16(3-4-17(14)29)32-20-8-15(24-12-25-20)10-30(23)26-11-22/h3-9,11-13H,10,23H2,1-2H3,(H2,22,26)(H,27,28,31). The molecule has 0 unspecified atom stereocenters. The van der Waals surface area contributed by atoms with Crippen molar-refractivity contribution in [3.05, 3.63) is 60.4 Å². The van der Waals surface area contributed by atoms with Gasteiger partial charge in [0.15, 0.2) is 5.82 Å². The smallest absolute Gasteiger partial charge is 0.331 e. The lowest BCUT2D eigenvalue weighted by atomic mass is 10.2. The number of hydrazine groups is 1. The number of nitrogens with two attached hydrogens (primary N) is 2. The van der Waals surface area contributed by atoms with Crippen LogP contribution in [0.15, 0.2) is 58.5 Å². The van der Waals surface area contributed by atoms with Crippen molar-refractivity contribution in [1.82, 2.24) is 24.8 Å². The molecular formula is C21H23N9O3. The molecular weight excluding hydrogens is 426 g/mol. The number of hydrazone groups is 1. The fourth-order valence-electron chi connectivity index (χ4n) is 3.08. The minimum Gasteiger partial charge on any atom is -0.439 e. The number of nitrogens with zero attached hydrogens (tertiary/aromatic N) is 6. The number of hydrogen-bond donors (Lipinski definition) is 3. The van der Waals surface area contributed by atoms with Gasteiger partial charge in [-0.1, -0.05) is 19.0 Å². The fraction of sp³-hybridized carbons (Fsp3) is 0.190. The lowest BCUT2D eigenvalue weighted by Crippen LogP contribution is -2.25. The van der Waals surface area contributed by atoms with Gasteiger partial charge in [-0.15, -0.1) is 0 Å². The average Bonchev–Trinajstić information content (AvgIpc) is 3.41. The number of benzene rings is 1. The van der Waals surface area contributed by atoms with Crippen LogP contribution in [0.3, 0.4) is 0 Å². The van der Waals surface area contributed by atoms with Crippen LogP contribution >= 0.6 is 0 Å². The second-order valence-corrected chi connectivity index (χ2v) is 7.42. The summed E-state index contributed by atoms with van der Waals surface area (Å²) in [6.45, 7) is 4.20. The van der Waals surface area contributed by atoms with Gasteiger partial charge in [-0.25, -0.2) is 25.7 Å². The van der Waals surface area contributed by atoms with E-state index in [4.69, 9.17) is 20.8 Å². The molecule has 1 amide bonds. The van der Waals surface area contributed by atoms with Crippen molar-refractivity contribution in [2.24, 2.45) is 16.7 Å². The predicted octanol–water partition coefficient (Wildman–Crippen LogP) is 2.99. The molecule has 5 N–H and O–H groups in total. The van der Waals surface area contributed by atoms with Crippen LogP contribution in [-0.2, 0) is 6.54 Å². The molecule has 0 aliphatic heterocycles. The second-order valence-electron chi connectivity index (χ2n) is 7.42. The molecule has 12 nitrogen and oxygen atoms in total. The van der Waals surface area contributed by atoms with Crippen molar-refractivity contribution in [3.8, 4) is 11.6 Å². The Kier molecular flexibility index (Phi) is 6.17. The Morgan fingerprint density at radius 3 is 2.91 bits per heavy atom. The summed E-state index contributed by atoms with van der Waals surface area (Å²) >= 11 is 0. The summed E-state index contributed by atoms with van der Waals surface area (Å²) in [6, 6.07) is 10.2. The summed E-state index contributed by atoms with van der Waals surface area (Å²) < 4.78 is 12.6. The van der Waals surface area contributed by atoms with Gasteiger partial charge in [0.05, 0.1) is 17.8 Å². The van der Waals surface area contributed by atoms with Gasteiger partial charge in [0, 0.05) is 29.6 Å². The topological polar surface area (TPSA) is 163 Å². The van der Waals surface area contributed by atoms with Crippen LogP contribution in [0.1, 0.15) is 31.2 Å². The summed E-state index contributed by atoms with van der Waals surface area (Å²) in [5.74, 6) is 7.80. The summed E-state index contributed by atoms with van der Waals surface area (Å²) in [5, 5.41) is 12.3. The van der Waals surface area contributed by atoms with E-state index < -0.39 is 0 Å². The number of rotatable bonds is 7. The van der Waals surface area contributed by atoms with Crippen LogP contribution in [0.25, 0.3) is 10.9 Å². The number of hydrogen-bond acceptors (Lipinski definition) is 9.